The fourth-order valence-electron chi connectivity index (χ4n) is 3.07. The number of piperidine rings is 1. The van der Waals surface area contributed by atoms with Crippen LogP contribution in [0.5, 0.6) is 5.75 Å². The van der Waals surface area contributed by atoms with Crippen LogP contribution in [0.1, 0.15) is 20.3 Å². The lowest BCUT2D eigenvalue weighted by molar-refractivity contribution is 0.0429. The van der Waals surface area contributed by atoms with Gasteiger partial charge in [0.05, 0.1) is 5.02 Å². The largest absolute Gasteiger partial charge is 0.489 e. The van der Waals surface area contributed by atoms with Crippen LogP contribution in [0, 0.1) is 11.8 Å². The van der Waals surface area contributed by atoms with Crippen LogP contribution >= 0.6 is 23.2 Å². The van der Waals surface area contributed by atoms with E-state index in [1.807, 2.05) is 0 Å². The highest BCUT2D eigenvalue weighted by molar-refractivity contribution is 6.35. The lowest BCUT2D eigenvalue weighted by atomic mass is 9.92. The fourth-order valence-corrected chi connectivity index (χ4v) is 3.53. The molecule has 21 heavy (non-hydrogen) atoms. The lowest BCUT2D eigenvalue weighted by Crippen LogP contribution is -2.44. The first-order chi connectivity index (χ1) is 9.94. The zero-order chi connectivity index (χ0) is 15.4. The first-order valence-corrected chi connectivity index (χ1v) is 8.18. The minimum absolute atomic E-state index is 0.237. The molecule has 0 spiro atoms. The molecule has 1 aliphatic heterocycles. The van der Waals surface area contributed by atoms with Gasteiger partial charge in [0.25, 0.3) is 0 Å². The minimum atomic E-state index is -0.519. The highest BCUT2D eigenvalue weighted by Crippen LogP contribution is 2.27. The summed E-state index contributed by atoms with van der Waals surface area (Å²) in [7, 11) is 0. The van der Waals surface area contributed by atoms with E-state index in [2.05, 4.69) is 18.7 Å². The maximum atomic E-state index is 10.1. The molecule has 1 saturated heterocycles. The number of aliphatic hydroxyl groups excluding tert-OH is 1. The second-order valence-electron chi connectivity index (χ2n) is 6.20. The molecule has 0 bridgehead atoms. The third kappa shape index (κ3) is 5.33. The van der Waals surface area contributed by atoms with Gasteiger partial charge in [0.2, 0.25) is 0 Å². The van der Waals surface area contributed by atoms with Crippen molar-refractivity contribution in [2.75, 3.05) is 26.2 Å². The summed E-state index contributed by atoms with van der Waals surface area (Å²) in [6.07, 6.45) is 0.748. The van der Waals surface area contributed by atoms with Gasteiger partial charge in [-0.05, 0) is 36.5 Å². The molecule has 0 amide bonds. The molecule has 1 N–H and O–H groups in total. The Kier molecular flexibility index (Phi) is 6.18. The van der Waals surface area contributed by atoms with Crippen molar-refractivity contribution in [3.8, 4) is 5.75 Å². The predicted molar refractivity (Wildman–Crippen MR) is 87.3 cm³/mol. The van der Waals surface area contributed by atoms with Crippen LogP contribution < -0.4 is 4.74 Å². The van der Waals surface area contributed by atoms with Crippen molar-refractivity contribution in [3.05, 3.63) is 28.2 Å². The van der Waals surface area contributed by atoms with Crippen molar-refractivity contribution in [3.63, 3.8) is 0 Å². The van der Waals surface area contributed by atoms with Crippen LogP contribution in [0.15, 0.2) is 18.2 Å². The van der Waals surface area contributed by atoms with Gasteiger partial charge in [-0.2, -0.15) is 0 Å². The standard InChI is InChI=1S/C16H23Cl2NO2/c1-11-5-12(2)8-19(7-11)9-14(20)10-21-16-4-3-13(17)6-15(16)18/h3-4,6,11-12,14,20H,5,7-10H2,1-2H3/t11-,12-,14+/m0/s1. The third-order valence-corrected chi connectivity index (χ3v) is 4.27. The summed E-state index contributed by atoms with van der Waals surface area (Å²) in [6.45, 7) is 7.49. The summed E-state index contributed by atoms with van der Waals surface area (Å²) in [6, 6.07) is 5.09. The van der Waals surface area contributed by atoms with Crippen molar-refractivity contribution in [1.29, 1.82) is 0 Å². The van der Waals surface area contributed by atoms with Gasteiger partial charge < -0.3 is 14.7 Å². The molecule has 0 aromatic heterocycles. The Hall–Kier alpha value is -0.480. The van der Waals surface area contributed by atoms with Crippen LogP contribution in [0.25, 0.3) is 0 Å². The van der Waals surface area contributed by atoms with Gasteiger partial charge in [-0.1, -0.05) is 37.0 Å². The van der Waals surface area contributed by atoms with Gasteiger partial charge in [0.15, 0.2) is 0 Å². The topological polar surface area (TPSA) is 32.7 Å². The monoisotopic (exact) mass is 331 g/mol. The van der Waals surface area contributed by atoms with Gasteiger partial charge in [0, 0.05) is 24.7 Å². The Balaban J connectivity index is 1.80. The molecule has 1 aromatic carbocycles. The molecule has 3 nitrogen and oxygen atoms in total. The first kappa shape index (κ1) is 16.9. The van der Waals surface area contributed by atoms with E-state index in [0.29, 0.717) is 34.2 Å². The number of aliphatic hydroxyl groups is 1. The summed E-state index contributed by atoms with van der Waals surface area (Å²) in [5.74, 6) is 1.93. The third-order valence-electron chi connectivity index (χ3n) is 3.74. The number of hydrogen-bond donors (Lipinski definition) is 1. The summed E-state index contributed by atoms with van der Waals surface area (Å²) in [5, 5.41) is 11.2. The van der Waals surface area contributed by atoms with E-state index >= 15 is 0 Å². The van der Waals surface area contributed by atoms with Crippen LogP contribution in [-0.2, 0) is 0 Å². The number of halogens is 2. The van der Waals surface area contributed by atoms with E-state index in [1.54, 1.807) is 18.2 Å². The molecule has 1 fully saturated rings. The number of nitrogens with zero attached hydrogens (tertiary/aromatic N) is 1. The predicted octanol–water partition coefficient (Wildman–Crippen LogP) is 3.71. The Morgan fingerprint density at radius 2 is 1.95 bits per heavy atom. The SMILES string of the molecule is C[C@H]1C[C@H](C)CN(C[C@@H](O)COc2ccc(Cl)cc2Cl)C1. The van der Waals surface area contributed by atoms with Crippen molar-refractivity contribution in [2.45, 2.75) is 26.4 Å². The number of hydrogen-bond acceptors (Lipinski definition) is 3. The molecule has 1 aliphatic rings. The van der Waals surface area contributed by atoms with Gasteiger partial charge in [-0.15, -0.1) is 0 Å². The van der Waals surface area contributed by atoms with E-state index in [0.717, 1.165) is 13.1 Å². The molecule has 0 radical (unpaired) electrons. The van der Waals surface area contributed by atoms with Gasteiger partial charge in [-0.25, -0.2) is 0 Å². The fraction of sp³-hybridized carbons (Fsp3) is 0.625. The van der Waals surface area contributed by atoms with Crippen molar-refractivity contribution in [1.82, 2.24) is 4.90 Å². The van der Waals surface area contributed by atoms with E-state index < -0.39 is 6.10 Å². The molecular weight excluding hydrogens is 309 g/mol. The van der Waals surface area contributed by atoms with Gasteiger partial charge >= 0.3 is 0 Å². The van der Waals surface area contributed by atoms with Crippen molar-refractivity contribution < 1.29 is 9.84 Å². The highest BCUT2D eigenvalue weighted by atomic mass is 35.5. The normalized spacial score (nSPS) is 24.8. The summed E-state index contributed by atoms with van der Waals surface area (Å²) in [4.78, 5) is 2.32. The summed E-state index contributed by atoms with van der Waals surface area (Å²) < 4.78 is 5.58. The summed E-state index contributed by atoms with van der Waals surface area (Å²) in [5.41, 5.74) is 0. The molecule has 1 aromatic rings. The highest BCUT2D eigenvalue weighted by Gasteiger charge is 2.23. The van der Waals surface area contributed by atoms with E-state index in [4.69, 9.17) is 27.9 Å². The lowest BCUT2D eigenvalue weighted by Gasteiger charge is -2.35. The maximum Gasteiger partial charge on any atom is 0.138 e. The second kappa shape index (κ2) is 7.68. The van der Waals surface area contributed by atoms with Gasteiger partial charge in [-0.3, -0.25) is 0 Å². The van der Waals surface area contributed by atoms with Crippen molar-refractivity contribution >= 4 is 23.2 Å². The molecule has 0 aliphatic carbocycles. The van der Waals surface area contributed by atoms with Crippen LogP contribution in [-0.4, -0.2) is 42.4 Å². The number of benzene rings is 1. The summed E-state index contributed by atoms with van der Waals surface area (Å²) >= 11 is 11.9. The zero-order valence-corrected chi connectivity index (χ0v) is 14.1. The maximum absolute atomic E-state index is 10.1. The Morgan fingerprint density at radius 1 is 1.29 bits per heavy atom. The first-order valence-electron chi connectivity index (χ1n) is 7.42. The molecule has 2 rings (SSSR count). The van der Waals surface area contributed by atoms with Crippen LogP contribution in [0.4, 0.5) is 0 Å². The molecule has 0 unspecified atom stereocenters. The van der Waals surface area contributed by atoms with Crippen molar-refractivity contribution in [2.24, 2.45) is 11.8 Å². The Bertz CT molecular complexity index is 460. The Labute approximate surface area is 136 Å². The number of β-amino-alcohol motifs (C(OH)–C–C–N with tert-alkyl or cyclic N) is 1. The zero-order valence-electron chi connectivity index (χ0n) is 12.6. The number of rotatable bonds is 5. The molecule has 118 valence electrons. The Morgan fingerprint density at radius 3 is 2.57 bits per heavy atom. The van der Waals surface area contributed by atoms with Crippen LogP contribution in [0.3, 0.4) is 0 Å². The number of likely N-dealkylation sites (tertiary alicyclic amines) is 1. The molecule has 5 heteroatoms. The smallest absolute Gasteiger partial charge is 0.138 e. The van der Waals surface area contributed by atoms with E-state index in [9.17, 15) is 5.11 Å². The molecule has 1 heterocycles. The molecule has 3 atom stereocenters. The number of ether oxygens (including phenoxy) is 1. The molecule has 0 saturated carbocycles. The van der Waals surface area contributed by atoms with Gasteiger partial charge in [0.1, 0.15) is 18.5 Å². The average Bonchev–Trinajstić information content (AvgIpc) is 2.36. The van der Waals surface area contributed by atoms with Crippen LogP contribution in [0.2, 0.25) is 10.0 Å². The average molecular weight is 332 g/mol. The quantitative estimate of drug-likeness (QED) is 0.892. The van der Waals surface area contributed by atoms with E-state index in [1.165, 1.54) is 6.42 Å². The second-order valence-corrected chi connectivity index (χ2v) is 7.05. The minimum Gasteiger partial charge on any atom is -0.489 e. The van der Waals surface area contributed by atoms with E-state index in [-0.39, 0.29) is 6.61 Å². The molecular formula is C16H23Cl2NO2.